The average molecular weight is 217 g/mol. The third-order valence-electron chi connectivity index (χ3n) is 0.955. The van der Waals surface area contributed by atoms with Crippen molar-refractivity contribution in [3.8, 4) is 0 Å². The lowest BCUT2D eigenvalue weighted by molar-refractivity contribution is 3.83. The summed E-state index contributed by atoms with van der Waals surface area (Å²) in [6, 6.07) is 0. The first kappa shape index (κ1) is 8.59. The van der Waals surface area contributed by atoms with Crippen molar-refractivity contribution in [3.05, 3.63) is 0 Å². The van der Waals surface area contributed by atoms with E-state index in [0.29, 0.717) is 25.7 Å². The second-order valence-electron chi connectivity index (χ2n) is 1.92. The molecular formula is H13ClSi6. The molecule has 0 radical (unpaired) electrons. The highest BCUT2D eigenvalue weighted by Crippen LogP contribution is 1.74. The van der Waals surface area contributed by atoms with Crippen LogP contribution in [-0.2, 0) is 0 Å². The van der Waals surface area contributed by atoms with Gasteiger partial charge in [0.2, 0.25) is 0 Å². The van der Waals surface area contributed by atoms with Crippen LogP contribution in [0.1, 0.15) is 0 Å². The van der Waals surface area contributed by atoms with Crippen LogP contribution in [0.4, 0.5) is 0 Å². The van der Waals surface area contributed by atoms with Gasteiger partial charge in [-0.05, 0) is 26.9 Å². The van der Waals surface area contributed by atoms with Gasteiger partial charge in [0.25, 0.3) is 0 Å². The van der Waals surface area contributed by atoms with E-state index in [1.807, 2.05) is 0 Å². The second kappa shape index (κ2) is 5.72. The first-order chi connectivity index (χ1) is 3.27. The van der Waals surface area contributed by atoms with Crippen LogP contribution in [-0.4, -0.2) is 52.3 Å². The van der Waals surface area contributed by atoms with E-state index in [0.717, 1.165) is 0 Å². The standard InChI is InChI=1S/ClH13Si6/c1-7(3)6-5-4-2/h7H,4-6H2,2-3H3. The van der Waals surface area contributed by atoms with E-state index in [1.165, 1.54) is 9.76 Å². The molecule has 0 N–H and O–H groups in total. The molecule has 7 heavy (non-hydrogen) atoms. The predicted molar refractivity (Wildman–Crippen MR) is 58.5 cm³/mol. The minimum atomic E-state index is -0.319. The number of halogens is 1. The lowest BCUT2D eigenvalue weighted by Gasteiger charge is -1.91. The largest absolute Gasteiger partial charge is 0.181 e. The van der Waals surface area contributed by atoms with Crippen molar-refractivity contribution in [3.63, 3.8) is 0 Å². The van der Waals surface area contributed by atoms with Gasteiger partial charge in [-0.3, -0.25) is 0 Å². The SMILES string of the molecule is [SiH3][SiH2][SiH2][SiH2][SiH]([SiH3])Cl. The van der Waals surface area contributed by atoms with Crippen LogP contribution in [0, 0.1) is 0 Å². The molecule has 7 heteroatoms. The summed E-state index contributed by atoms with van der Waals surface area (Å²) in [5, 5.41) is 0. The Morgan fingerprint density at radius 1 is 1.57 bits per heavy atom. The molecule has 0 aliphatic heterocycles. The number of hydrogen-bond donors (Lipinski definition) is 0. The lowest BCUT2D eigenvalue weighted by Crippen LogP contribution is -2.26. The quantitative estimate of drug-likeness (QED) is 0.328. The van der Waals surface area contributed by atoms with Crippen LogP contribution in [0.5, 0.6) is 0 Å². The van der Waals surface area contributed by atoms with Gasteiger partial charge in [-0.25, -0.2) is 0 Å². The maximum absolute atomic E-state index is 5.99. The summed E-state index contributed by atoms with van der Waals surface area (Å²) in [6.07, 6.45) is 0. The molecule has 0 saturated carbocycles. The molecule has 1 atom stereocenters. The van der Waals surface area contributed by atoms with Crippen LogP contribution in [0.15, 0.2) is 0 Å². The summed E-state index contributed by atoms with van der Waals surface area (Å²) in [7, 11) is 4.62. The van der Waals surface area contributed by atoms with Crippen molar-refractivity contribution in [2.75, 3.05) is 0 Å². The van der Waals surface area contributed by atoms with Crippen molar-refractivity contribution in [1.82, 2.24) is 0 Å². The van der Waals surface area contributed by atoms with Gasteiger partial charge in [-0.15, -0.1) is 0 Å². The van der Waals surface area contributed by atoms with E-state index in [9.17, 15) is 0 Å². The van der Waals surface area contributed by atoms with Crippen LogP contribution in [0.3, 0.4) is 0 Å². The third-order valence-corrected chi connectivity index (χ3v) is 77.4. The van der Waals surface area contributed by atoms with Gasteiger partial charge in [-0.1, -0.05) is 0 Å². The van der Waals surface area contributed by atoms with Gasteiger partial charge >= 0.3 is 0 Å². The summed E-state index contributed by atoms with van der Waals surface area (Å²) in [6.45, 7) is 0. The highest BCUT2D eigenvalue weighted by atomic mass is 35.6. The van der Waals surface area contributed by atoms with E-state index in [4.69, 9.17) is 11.1 Å². The smallest absolute Gasteiger partial charge is 0.103 e. The molecule has 0 saturated heterocycles. The zero-order valence-corrected chi connectivity index (χ0v) is 15.2. The zero-order chi connectivity index (χ0) is 5.70. The number of hydrogen-bond acceptors (Lipinski definition) is 0. The molecule has 0 spiro atoms. The molecule has 0 bridgehead atoms. The Morgan fingerprint density at radius 2 is 2.14 bits per heavy atom. The average Bonchev–Trinajstić information content (AvgIpc) is 1.61. The first-order valence-electron chi connectivity index (χ1n) is 2.91. The molecule has 1 unspecified atom stereocenters. The fourth-order valence-electron chi connectivity index (χ4n) is 0.485. The van der Waals surface area contributed by atoms with Gasteiger partial charge in [0.1, 0.15) is 7.14 Å². The molecule has 0 rings (SSSR count). The highest BCUT2D eigenvalue weighted by Gasteiger charge is 1.96. The molecule has 0 aromatic rings. The van der Waals surface area contributed by atoms with Crippen molar-refractivity contribution in [2.45, 2.75) is 0 Å². The van der Waals surface area contributed by atoms with Crippen LogP contribution >= 0.6 is 11.1 Å². The normalized spacial score (nSPS) is 20.1. The Labute approximate surface area is 63.4 Å². The molecule has 0 heterocycles. The lowest BCUT2D eigenvalue weighted by atomic mass is 26.3. The van der Waals surface area contributed by atoms with E-state index in [1.54, 1.807) is 9.76 Å². The van der Waals surface area contributed by atoms with Gasteiger partial charge < -0.3 is 0 Å². The highest BCUT2D eigenvalue weighted by molar-refractivity contribution is 7.70. The van der Waals surface area contributed by atoms with Crippen LogP contribution < -0.4 is 0 Å². The molecular weight excluding hydrogens is 204 g/mol. The van der Waals surface area contributed by atoms with Gasteiger partial charge in [-0.2, -0.15) is 11.1 Å². The Bertz CT molecular complexity index is 33.2. The van der Waals surface area contributed by atoms with Gasteiger partial charge in [0, 0.05) is 18.3 Å². The Balaban J connectivity index is 2.68. The first-order valence-corrected chi connectivity index (χ1v) is 26.2. The Morgan fingerprint density at radius 3 is 2.29 bits per heavy atom. The minimum Gasteiger partial charge on any atom is -0.181 e. The van der Waals surface area contributed by atoms with Crippen LogP contribution in [0.2, 0.25) is 0 Å². The molecule has 0 aliphatic carbocycles. The zero-order valence-electron chi connectivity index (χ0n) is 5.08. The summed E-state index contributed by atoms with van der Waals surface area (Å²) in [5.41, 5.74) is 0. The van der Waals surface area contributed by atoms with Gasteiger partial charge in [0.15, 0.2) is 0 Å². The fourth-order valence-corrected chi connectivity index (χ4v) is 118. The van der Waals surface area contributed by atoms with Crippen LogP contribution in [0.25, 0.3) is 0 Å². The molecule has 0 nitrogen and oxygen atoms in total. The predicted octanol–water partition coefficient (Wildman–Crippen LogP) is -5.08. The van der Waals surface area contributed by atoms with E-state index in [-0.39, 0.29) is 7.14 Å². The van der Waals surface area contributed by atoms with E-state index in [2.05, 4.69) is 0 Å². The van der Waals surface area contributed by atoms with Crippen molar-refractivity contribution >= 4 is 63.4 Å². The molecule has 0 fully saturated rings. The summed E-state index contributed by atoms with van der Waals surface area (Å²) >= 11 is 5.99. The van der Waals surface area contributed by atoms with Gasteiger partial charge in [0.05, 0.1) is 0 Å². The Kier molecular flexibility index (Phi) is 7.02. The fraction of sp³-hybridized carbons (Fsp3) is 0. The molecule has 0 aromatic heterocycles. The van der Waals surface area contributed by atoms with E-state index >= 15 is 0 Å². The maximum atomic E-state index is 5.99. The monoisotopic (exact) mass is 216 g/mol. The molecule has 0 aliphatic rings. The summed E-state index contributed by atoms with van der Waals surface area (Å²) < 4.78 is 0. The van der Waals surface area contributed by atoms with Crippen molar-refractivity contribution < 1.29 is 0 Å². The number of rotatable bonds is 3. The van der Waals surface area contributed by atoms with E-state index < -0.39 is 0 Å². The third kappa shape index (κ3) is 7.59. The topological polar surface area (TPSA) is 0 Å². The Hall–Kier alpha value is 1.59. The molecule has 0 amide bonds. The molecule has 44 valence electrons. The summed E-state index contributed by atoms with van der Waals surface area (Å²) in [4.78, 5) is 0. The maximum Gasteiger partial charge on any atom is 0.103 e. The molecule has 0 aromatic carbocycles. The summed E-state index contributed by atoms with van der Waals surface area (Å²) in [5.74, 6) is 0. The second-order valence-corrected chi connectivity index (χ2v) is 51.9. The van der Waals surface area contributed by atoms with Crippen molar-refractivity contribution in [1.29, 1.82) is 0 Å². The minimum absolute atomic E-state index is 0.319. The van der Waals surface area contributed by atoms with Crippen molar-refractivity contribution in [2.24, 2.45) is 0 Å².